The molecule has 0 aliphatic rings. The van der Waals surface area contributed by atoms with Crippen molar-refractivity contribution in [2.75, 3.05) is 6.54 Å². The van der Waals surface area contributed by atoms with Crippen LogP contribution in [-0.2, 0) is 4.84 Å². The molecular weight excluding hydrogens is 346 g/mol. The Morgan fingerprint density at radius 3 is 1.93 bits per heavy atom. The number of rotatable bonds is 11. The molecule has 3 aromatic rings. The molecule has 0 bridgehead atoms. The van der Waals surface area contributed by atoms with Gasteiger partial charge in [0.15, 0.2) is 5.56 Å². The fourth-order valence-electron chi connectivity index (χ4n) is 3.79. The van der Waals surface area contributed by atoms with Crippen molar-refractivity contribution in [3.8, 4) is 0 Å². The molecule has 3 heteroatoms. The van der Waals surface area contributed by atoms with Gasteiger partial charge in [-0.3, -0.25) is 0 Å². The topological polar surface area (TPSA) is 45.7 Å². The summed E-state index contributed by atoms with van der Waals surface area (Å²) < 4.78 is 0. The summed E-state index contributed by atoms with van der Waals surface area (Å²) >= 11 is 0. The van der Waals surface area contributed by atoms with Crippen molar-refractivity contribution in [1.29, 1.82) is 0 Å². The molecule has 0 saturated heterocycles. The van der Waals surface area contributed by atoms with Crippen molar-refractivity contribution in [1.82, 2.24) is 0 Å². The van der Waals surface area contributed by atoms with Crippen molar-refractivity contribution in [2.24, 2.45) is 0 Å². The van der Waals surface area contributed by atoms with Crippen molar-refractivity contribution in [3.63, 3.8) is 0 Å². The third kappa shape index (κ3) is 5.32. The van der Waals surface area contributed by atoms with E-state index in [0.29, 0.717) is 5.56 Å². The fourth-order valence-corrected chi connectivity index (χ4v) is 3.79. The van der Waals surface area contributed by atoms with Crippen LogP contribution in [0.3, 0.4) is 0 Å². The number of hydrogen-bond donors (Lipinski definition) is 1. The zero-order valence-corrected chi connectivity index (χ0v) is 17.0. The Bertz CT molecular complexity index is 849. The monoisotopic (exact) mass is 378 g/mol. The molecule has 3 nitrogen and oxygen atoms in total. The van der Waals surface area contributed by atoms with Crippen molar-refractivity contribution in [2.45, 2.75) is 58.3 Å². The molecule has 0 fully saturated rings. The van der Waals surface area contributed by atoms with Gasteiger partial charge in [-0.1, -0.05) is 104 Å². The number of carbonyl (C=O) groups is 1. The van der Waals surface area contributed by atoms with E-state index < -0.39 is 0 Å². The molecule has 147 valence electrons. The van der Waals surface area contributed by atoms with Gasteiger partial charge < -0.3 is 0 Å². The van der Waals surface area contributed by atoms with Crippen LogP contribution >= 0.6 is 0 Å². The van der Waals surface area contributed by atoms with E-state index in [2.05, 4.69) is 13.0 Å². The minimum absolute atomic E-state index is 0.257. The van der Waals surface area contributed by atoms with Crippen LogP contribution in [-0.4, -0.2) is 12.5 Å². The molecule has 0 atom stereocenters. The van der Waals surface area contributed by atoms with E-state index in [1.165, 1.54) is 44.9 Å². The Hall–Kier alpha value is -2.39. The third-order valence-corrected chi connectivity index (χ3v) is 5.34. The van der Waals surface area contributed by atoms with E-state index in [1.54, 1.807) is 5.48 Å². The van der Waals surface area contributed by atoms with Gasteiger partial charge in [-0.25, -0.2) is 0 Å². The highest BCUT2D eigenvalue weighted by atomic mass is 16.7. The largest absolute Gasteiger partial charge is 0.671 e. The third-order valence-electron chi connectivity index (χ3n) is 5.34. The normalized spacial score (nSPS) is 11.2. The van der Waals surface area contributed by atoms with E-state index in [4.69, 9.17) is 4.84 Å². The molecular formula is C25H32NO2+2. The number of carbonyl (C=O) groups excluding carboxylic acids is 1. The molecule has 0 unspecified atom stereocenters. The van der Waals surface area contributed by atoms with Crippen LogP contribution < -0.4 is 5.48 Å². The van der Waals surface area contributed by atoms with E-state index in [9.17, 15) is 4.79 Å². The number of quaternary nitrogens is 1. The van der Waals surface area contributed by atoms with E-state index in [-0.39, 0.29) is 5.97 Å². The second-order valence-corrected chi connectivity index (χ2v) is 7.53. The smallest absolute Gasteiger partial charge is 0.0838 e. The highest BCUT2D eigenvalue weighted by Crippen LogP contribution is 2.28. The Morgan fingerprint density at radius 1 is 0.786 bits per heavy atom. The summed E-state index contributed by atoms with van der Waals surface area (Å²) in [5.41, 5.74) is 2.36. The minimum Gasteiger partial charge on any atom is -0.0838 e. The number of nitrogens with two attached hydrogens (primary N) is 1. The van der Waals surface area contributed by atoms with Gasteiger partial charge in [0, 0.05) is 17.2 Å². The van der Waals surface area contributed by atoms with E-state index in [0.717, 1.165) is 34.5 Å². The fraction of sp³-hybridized carbons (Fsp3) is 0.400. The Balaban J connectivity index is 1.54. The van der Waals surface area contributed by atoms with Crippen LogP contribution in [0.1, 0.15) is 68.6 Å². The molecule has 0 aliphatic carbocycles. The van der Waals surface area contributed by atoms with Crippen molar-refractivity contribution in [3.05, 3.63) is 60.2 Å². The molecule has 0 amide bonds. The summed E-state index contributed by atoms with van der Waals surface area (Å²) in [6.45, 7) is 3.07. The second kappa shape index (κ2) is 10.8. The average molecular weight is 379 g/mol. The predicted molar refractivity (Wildman–Crippen MR) is 116 cm³/mol. The quantitative estimate of drug-likeness (QED) is 0.199. The average Bonchev–Trinajstić information content (AvgIpc) is 2.73. The summed E-state index contributed by atoms with van der Waals surface area (Å²) in [5, 5.41) is 4.03. The lowest BCUT2D eigenvalue weighted by Crippen LogP contribution is -2.84. The lowest BCUT2D eigenvalue weighted by atomic mass is 9.97. The second-order valence-electron chi connectivity index (χ2n) is 7.53. The maximum Gasteiger partial charge on any atom is 0.671 e. The Kier molecular flexibility index (Phi) is 7.86. The van der Waals surface area contributed by atoms with Crippen LogP contribution in [0.25, 0.3) is 21.5 Å². The van der Waals surface area contributed by atoms with Gasteiger partial charge in [0.25, 0.3) is 0 Å². The van der Waals surface area contributed by atoms with Gasteiger partial charge in [0.1, 0.15) is 6.54 Å². The van der Waals surface area contributed by atoms with Crippen molar-refractivity contribution < 1.29 is 15.1 Å². The van der Waals surface area contributed by atoms with Gasteiger partial charge in [0.2, 0.25) is 0 Å². The summed E-state index contributed by atoms with van der Waals surface area (Å²) in [7, 11) is 0. The van der Waals surface area contributed by atoms with Crippen LogP contribution in [0.5, 0.6) is 0 Å². The molecule has 3 aromatic carbocycles. The number of hydrogen-bond acceptors (Lipinski definition) is 2. The van der Waals surface area contributed by atoms with Crippen LogP contribution in [0.15, 0.2) is 54.6 Å². The molecule has 0 heterocycles. The highest BCUT2D eigenvalue weighted by molar-refractivity contribution is 6.16. The summed E-state index contributed by atoms with van der Waals surface area (Å²) in [6.07, 6.45) is 10.2. The lowest BCUT2D eigenvalue weighted by Gasteiger charge is -2.05. The maximum atomic E-state index is 12.9. The summed E-state index contributed by atoms with van der Waals surface area (Å²) in [6, 6.07) is 18.2. The zero-order valence-electron chi connectivity index (χ0n) is 17.0. The highest BCUT2D eigenvalue weighted by Gasteiger charge is 2.29. The van der Waals surface area contributed by atoms with E-state index in [1.807, 2.05) is 48.5 Å². The number of benzene rings is 3. The molecule has 0 saturated carbocycles. The zero-order chi connectivity index (χ0) is 19.6. The number of fused-ring (bicyclic) bond motifs is 2. The molecule has 0 spiro atoms. The van der Waals surface area contributed by atoms with Crippen molar-refractivity contribution >= 4 is 27.5 Å². The molecule has 1 radical (unpaired) electrons. The first-order valence-corrected chi connectivity index (χ1v) is 10.7. The molecule has 0 aliphatic heterocycles. The van der Waals surface area contributed by atoms with Gasteiger partial charge in [0.05, 0.1) is 4.79 Å². The van der Waals surface area contributed by atoms with Crippen LogP contribution in [0.4, 0.5) is 0 Å². The Labute approximate surface area is 168 Å². The molecule has 2 N–H and O–H groups in total. The molecule has 28 heavy (non-hydrogen) atoms. The van der Waals surface area contributed by atoms with Gasteiger partial charge in [-0.2, -0.15) is 0 Å². The minimum atomic E-state index is -0.257. The standard InChI is InChI=1S/C25H31NO2/c1-2-3-4-5-6-7-8-13-18-26-28-25(27)24-22-16-11-9-14-20(22)19-21-15-10-12-17-23(21)24/h9-12,14-17,19,26H,2-8,13,18H2,1H3/q+1/p+1. The summed E-state index contributed by atoms with van der Waals surface area (Å²) in [5.74, 6) is -0.257. The first-order valence-electron chi connectivity index (χ1n) is 10.7. The first kappa shape index (κ1) is 20.3. The van der Waals surface area contributed by atoms with Crippen LogP contribution in [0.2, 0.25) is 0 Å². The maximum absolute atomic E-state index is 12.9. The predicted octanol–water partition coefficient (Wildman–Crippen LogP) is 5.77. The van der Waals surface area contributed by atoms with Crippen LogP contribution in [0, 0.1) is 0 Å². The van der Waals surface area contributed by atoms with E-state index >= 15 is 0 Å². The van der Waals surface area contributed by atoms with Gasteiger partial charge in [-0.05, 0) is 23.3 Å². The van der Waals surface area contributed by atoms with Gasteiger partial charge in [-0.15, -0.1) is 0 Å². The number of hydroxylamine groups is 1. The molecule has 3 rings (SSSR count). The number of unbranched alkanes of at least 4 members (excludes halogenated alkanes) is 7. The molecule has 0 aromatic heterocycles. The lowest BCUT2D eigenvalue weighted by molar-refractivity contribution is -0.870. The SMILES string of the molecule is CCCCCCCCCC[NH2+]OC(=[O+])c1c2ccccc2cc2ccccc12. The summed E-state index contributed by atoms with van der Waals surface area (Å²) in [4.78, 5) is 18.4. The van der Waals surface area contributed by atoms with Gasteiger partial charge >= 0.3 is 5.97 Å². The first-order chi connectivity index (χ1) is 13.8. The Morgan fingerprint density at radius 2 is 1.32 bits per heavy atom.